The molecule has 0 aliphatic rings. The summed E-state index contributed by atoms with van der Waals surface area (Å²) in [6.45, 7) is 0. The maximum Gasteiger partial charge on any atom is 0.139 e. The molecule has 0 atom stereocenters. The van der Waals surface area contributed by atoms with Crippen LogP contribution in [0.5, 0.6) is 0 Å². The number of rotatable bonds is 1. The summed E-state index contributed by atoms with van der Waals surface area (Å²) in [6.07, 6.45) is 0. The summed E-state index contributed by atoms with van der Waals surface area (Å²) in [4.78, 5) is 13.8. The molecule has 1 rings (SSSR count). The normalized spacial score (nSPS) is 8.86. The molecule has 0 aromatic carbocycles. The van der Waals surface area contributed by atoms with Gasteiger partial charge in [0.05, 0.1) is 20.1 Å². The first kappa shape index (κ1) is 13.2. The van der Waals surface area contributed by atoms with Crippen molar-refractivity contribution in [1.82, 2.24) is 4.98 Å². The number of aromatic nitrogens is 1. The first-order valence-corrected chi connectivity index (χ1v) is 4.55. The molecule has 6 heteroatoms. The van der Waals surface area contributed by atoms with E-state index in [0.29, 0.717) is 0 Å². The number of hydrogen-bond acceptors (Lipinski definition) is 3. The predicted molar refractivity (Wildman–Crippen MR) is 52.4 cm³/mol. The lowest BCUT2D eigenvalue weighted by molar-refractivity contribution is -0.597. The van der Waals surface area contributed by atoms with Gasteiger partial charge in [-0.3, -0.25) is 0 Å². The second-order valence-electron chi connectivity index (χ2n) is 2.34. The Labute approximate surface area is 91.9 Å². The molecule has 0 amide bonds. The minimum atomic E-state index is -1.36. The van der Waals surface area contributed by atoms with E-state index in [1.54, 1.807) is 0 Å². The van der Waals surface area contributed by atoms with Crippen molar-refractivity contribution in [3.8, 4) is 0 Å². The lowest BCUT2D eigenvalue weighted by Crippen LogP contribution is -2.74. The molecule has 0 unspecified atom stereocenters. The minimum Gasteiger partial charge on any atom is -0.545 e. The number of halogens is 2. The Morgan fingerprint density at radius 3 is 2.29 bits per heavy atom. The van der Waals surface area contributed by atoms with Crippen LogP contribution in [-0.4, -0.2) is 25.0 Å². The SMILES string of the molecule is C[NH2+]C.O=C([O-])c1ccc(Cl)nc1Cl. The molecule has 0 spiro atoms. The van der Waals surface area contributed by atoms with Crippen molar-refractivity contribution in [1.29, 1.82) is 0 Å². The molecule has 4 nitrogen and oxygen atoms in total. The van der Waals surface area contributed by atoms with Gasteiger partial charge in [0.1, 0.15) is 10.3 Å². The van der Waals surface area contributed by atoms with Crippen LogP contribution >= 0.6 is 23.2 Å². The number of carboxylic acids is 1. The summed E-state index contributed by atoms with van der Waals surface area (Å²) < 4.78 is 0. The van der Waals surface area contributed by atoms with Gasteiger partial charge in [-0.15, -0.1) is 0 Å². The van der Waals surface area contributed by atoms with Crippen LogP contribution < -0.4 is 10.4 Å². The van der Waals surface area contributed by atoms with Gasteiger partial charge in [-0.05, 0) is 12.1 Å². The second kappa shape index (κ2) is 6.59. The van der Waals surface area contributed by atoms with E-state index in [2.05, 4.69) is 4.98 Å². The summed E-state index contributed by atoms with van der Waals surface area (Å²) >= 11 is 10.8. The molecule has 14 heavy (non-hydrogen) atoms. The molecule has 1 aromatic heterocycles. The highest BCUT2D eigenvalue weighted by Crippen LogP contribution is 2.15. The molecule has 0 aliphatic carbocycles. The van der Waals surface area contributed by atoms with Gasteiger partial charge in [-0.2, -0.15) is 0 Å². The van der Waals surface area contributed by atoms with Crippen molar-refractivity contribution in [2.24, 2.45) is 0 Å². The van der Waals surface area contributed by atoms with Crippen LogP contribution in [0.25, 0.3) is 0 Å². The van der Waals surface area contributed by atoms with E-state index in [4.69, 9.17) is 23.2 Å². The molecular weight excluding hydrogens is 227 g/mol. The van der Waals surface area contributed by atoms with Gasteiger partial charge in [0, 0.05) is 5.56 Å². The zero-order chi connectivity index (χ0) is 11.1. The monoisotopic (exact) mass is 236 g/mol. The van der Waals surface area contributed by atoms with Gasteiger partial charge in [0.25, 0.3) is 0 Å². The van der Waals surface area contributed by atoms with Crippen molar-refractivity contribution in [3.63, 3.8) is 0 Å². The van der Waals surface area contributed by atoms with Crippen LogP contribution in [-0.2, 0) is 0 Å². The Morgan fingerprint density at radius 1 is 1.43 bits per heavy atom. The van der Waals surface area contributed by atoms with Crippen LogP contribution in [0.3, 0.4) is 0 Å². The van der Waals surface area contributed by atoms with Gasteiger partial charge >= 0.3 is 0 Å². The third-order valence-corrected chi connectivity index (χ3v) is 1.53. The quantitative estimate of drug-likeness (QED) is 0.673. The molecule has 0 bridgehead atoms. The predicted octanol–water partition coefficient (Wildman–Crippen LogP) is -0.439. The van der Waals surface area contributed by atoms with Gasteiger partial charge in [-0.25, -0.2) is 4.98 Å². The average molecular weight is 237 g/mol. The average Bonchev–Trinajstić information content (AvgIpc) is 2.04. The van der Waals surface area contributed by atoms with Gasteiger partial charge < -0.3 is 15.2 Å². The zero-order valence-electron chi connectivity index (χ0n) is 7.75. The number of pyridine rings is 1. The summed E-state index contributed by atoms with van der Waals surface area (Å²) in [5.41, 5.74) is -0.156. The van der Waals surface area contributed by atoms with Crippen molar-refractivity contribution < 1.29 is 15.2 Å². The van der Waals surface area contributed by atoms with E-state index in [1.807, 2.05) is 19.4 Å². The highest BCUT2D eigenvalue weighted by atomic mass is 35.5. The van der Waals surface area contributed by atoms with E-state index in [9.17, 15) is 9.90 Å². The van der Waals surface area contributed by atoms with Crippen LogP contribution in [0.15, 0.2) is 12.1 Å². The summed E-state index contributed by atoms with van der Waals surface area (Å²) in [5.74, 6) is -1.36. The van der Waals surface area contributed by atoms with Gasteiger partial charge in [0.15, 0.2) is 0 Å². The number of carbonyl (C=O) groups excluding carboxylic acids is 1. The second-order valence-corrected chi connectivity index (χ2v) is 3.08. The summed E-state index contributed by atoms with van der Waals surface area (Å²) in [7, 11) is 4.00. The zero-order valence-corrected chi connectivity index (χ0v) is 9.26. The standard InChI is InChI=1S/C6H3Cl2NO2.C2H7N/c7-4-2-1-3(6(10)11)5(8)9-4;1-3-2/h1-2H,(H,10,11);3H,1-2H3. The molecule has 78 valence electrons. The number of hydrogen-bond donors (Lipinski definition) is 1. The fourth-order valence-electron chi connectivity index (χ4n) is 0.564. The smallest absolute Gasteiger partial charge is 0.139 e. The molecule has 1 aromatic rings. The fraction of sp³-hybridized carbons (Fsp3) is 0.250. The first-order chi connectivity index (χ1) is 6.52. The lowest BCUT2D eigenvalue weighted by atomic mass is 10.3. The fourth-order valence-corrected chi connectivity index (χ4v) is 0.986. The Morgan fingerprint density at radius 2 is 1.93 bits per heavy atom. The van der Waals surface area contributed by atoms with Crippen molar-refractivity contribution in [3.05, 3.63) is 28.0 Å². The third-order valence-electron chi connectivity index (χ3n) is 1.03. The summed E-state index contributed by atoms with van der Waals surface area (Å²) in [6, 6.07) is 2.57. The van der Waals surface area contributed by atoms with E-state index >= 15 is 0 Å². The molecule has 1 heterocycles. The number of quaternary nitrogens is 1. The molecule has 2 N–H and O–H groups in total. The highest BCUT2D eigenvalue weighted by molar-refractivity contribution is 6.34. The van der Waals surface area contributed by atoms with Crippen LogP contribution in [0.4, 0.5) is 0 Å². The molecule has 0 fully saturated rings. The number of carbonyl (C=O) groups is 1. The van der Waals surface area contributed by atoms with Crippen LogP contribution in [0.1, 0.15) is 10.4 Å². The Hall–Kier alpha value is -0.840. The maximum atomic E-state index is 10.3. The van der Waals surface area contributed by atoms with E-state index in [-0.39, 0.29) is 15.9 Å². The molecule has 0 aliphatic heterocycles. The molecule has 0 saturated heterocycles. The Kier molecular flexibility index (Phi) is 6.19. The van der Waals surface area contributed by atoms with Crippen molar-refractivity contribution in [2.75, 3.05) is 14.1 Å². The van der Waals surface area contributed by atoms with Crippen molar-refractivity contribution in [2.45, 2.75) is 0 Å². The first-order valence-electron chi connectivity index (χ1n) is 3.80. The van der Waals surface area contributed by atoms with Crippen LogP contribution in [0.2, 0.25) is 10.3 Å². The maximum absolute atomic E-state index is 10.3. The highest BCUT2D eigenvalue weighted by Gasteiger charge is 2.01. The molecule has 0 saturated carbocycles. The van der Waals surface area contributed by atoms with E-state index in [1.165, 1.54) is 12.1 Å². The number of carboxylic acid groups (broad SMARTS) is 1. The van der Waals surface area contributed by atoms with Gasteiger partial charge in [-0.1, -0.05) is 23.2 Å². The van der Waals surface area contributed by atoms with Crippen LogP contribution in [0, 0.1) is 0 Å². The molecular formula is C8H10Cl2N2O2. The Balaban J connectivity index is 0.000000500. The van der Waals surface area contributed by atoms with E-state index < -0.39 is 5.97 Å². The topological polar surface area (TPSA) is 69.6 Å². The number of nitrogens with zero attached hydrogens (tertiary/aromatic N) is 1. The Bertz CT molecular complexity index is 318. The van der Waals surface area contributed by atoms with E-state index in [0.717, 1.165) is 0 Å². The summed E-state index contributed by atoms with van der Waals surface area (Å²) in [5, 5.41) is 12.3. The molecule has 0 radical (unpaired) electrons. The van der Waals surface area contributed by atoms with Crippen molar-refractivity contribution >= 4 is 29.2 Å². The third kappa shape index (κ3) is 4.41. The number of aromatic carboxylic acids is 1. The van der Waals surface area contributed by atoms with Gasteiger partial charge in [0.2, 0.25) is 0 Å². The number of nitrogens with two attached hydrogens (primary N) is 1. The lowest BCUT2D eigenvalue weighted by Gasteiger charge is -2.02. The largest absolute Gasteiger partial charge is 0.545 e. The minimum absolute atomic E-state index is 0.153.